The van der Waals surface area contributed by atoms with Crippen molar-refractivity contribution in [2.75, 3.05) is 39.8 Å². The molecule has 0 bridgehead atoms. The zero-order chi connectivity index (χ0) is 14.5. The van der Waals surface area contributed by atoms with Gasteiger partial charge in [0.1, 0.15) is 6.04 Å². The van der Waals surface area contributed by atoms with Crippen LogP contribution in [0.1, 0.15) is 10.9 Å². The average Bonchev–Trinajstić information content (AvgIpc) is 3.00. The van der Waals surface area contributed by atoms with Crippen LogP contribution in [0.4, 0.5) is 0 Å². The molecule has 20 heavy (non-hydrogen) atoms. The third kappa shape index (κ3) is 3.56. The van der Waals surface area contributed by atoms with Crippen LogP contribution in [0.3, 0.4) is 0 Å². The average molecular weight is 297 g/mol. The Morgan fingerprint density at radius 3 is 2.65 bits per heavy atom. The summed E-state index contributed by atoms with van der Waals surface area (Å²) in [4.78, 5) is 28.1. The van der Waals surface area contributed by atoms with Crippen molar-refractivity contribution in [2.24, 2.45) is 5.73 Å². The SMILES string of the molecule is COC(=O)CN1CCN(C(=O)C(N)c2cccs2)CC1. The standard InChI is InChI=1S/C13H19N3O3S/c1-19-11(17)9-15-4-6-16(7-5-15)13(18)12(14)10-3-2-8-20-10/h2-3,8,12H,4-7,9,14H2,1H3. The summed E-state index contributed by atoms with van der Waals surface area (Å²) in [5.41, 5.74) is 5.98. The minimum Gasteiger partial charge on any atom is -0.468 e. The van der Waals surface area contributed by atoms with Crippen LogP contribution < -0.4 is 5.73 Å². The van der Waals surface area contributed by atoms with Crippen LogP contribution in [0, 0.1) is 0 Å². The highest BCUT2D eigenvalue weighted by Gasteiger charge is 2.27. The fraction of sp³-hybridized carbons (Fsp3) is 0.538. The summed E-state index contributed by atoms with van der Waals surface area (Å²) >= 11 is 1.49. The number of nitrogens with zero attached hydrogens (tertiary/aromatic N) is 2. The van der Waals surface area contributed by atoms with E-state index in [0.717, 1.165) is 4.88 Å². The Morgan fingerprint density at radius 1 is 1.40 bits per heavy atom. The third-order valence-electron chi connectivity index (χ3n) is 3.38. The number of thiophene rings is 1. The molecule has 0 saturated carbocycles. The van der Waals surface area contributed by atoms with Crippen LogP contribution in [0.5, 0.6) is 0 Å². The normalized spacial score (nSPS) is 17.8. The molecule has 1 aliphatic heterocycles. The number of hydrogen-bond donors (Lipinski definition) is 1. The molecule has 0 aromatic carbocycles. The number of amides is 1. The van der Waals surface area contributed by atoms with Crippen LogP contribution in [-0.2, 0) is 14.3 Å². The fourth-order valence-corrected chi connectivity index (χ4v) is 2.88. The Labute approximate surface area is 122 Å². The van der Waals surface area contributed by atoms with Crippen LogP contribution in [-0.4, -0.2) is 61.5 Å². The van der Waals surface area contributed by atoms with Gasteiger partial charge in [-0.1, -0.05) is 6.07 Å². The molecule has 6 nitrogen and oxygen atoms in total. The van der Waals surface area contributed by atoms with Gasteiger partial charge in [-0.2, -0.15) is 0 Å². The molecular weight excluding hydrogens is 278 g/mol. The lowest BCUT2D eigenvalue weighted by molar-refractivity contribution is -0.142. The number of nitrogens with two attached hydrogens (primary N) is 1. The van der Waals surface area contributed by atoms with Gasteiger partial charge in [0.25, 0.3) is 0 Å². The largest absolute Gasteiger partial charge is 0.468 e. The van der Waals surface area contributed by atoms with Crippen molar-refractivity contribution in [3.63, 3.8) is 0 Å². The quantitative estimate of drug-likeness (QED) is 0.796. The van der Waals surface area contributed by atoms with Crippen molar-refractivity contribution in [1.82, 2.24) is 9.80 Å². The minimum absolute atomic E-state index is 0.0508. The number of hydrogen-bond acceptors (Lipinski definition) is 6. The van der Waals surface area contributed by atoms with Crippen molar-refractivity contribution < 1.29 is 14.3 Å². The predicted molar refractivity (Wildman–Crippen MR) is 76.3 cm³/mol. The second-order valence-electron chi connectivity index (χ2n) is 4.67. The molecule has 0 spiro atoms. The summed E-state index contributed by atoms with van der Waals surface area (Å²) in [5.74, 6) is -0.301. The Balaban J connectivity index is 1.84. The Kier molecular flexibility index (Phi) is 5.11. The number of carbonyl (C=O) groups is 2. The zero-order valence-corrected chi connectivity index (χ0v) is 12.3. The van der Waals surface area contributed by atoms with E-state index in [0.29, 0.717) is 26.2 Å². The van der Waals surface area contributed by atoms with E-state index in [9.17, 15) is 9.59 Å². The third-order valence-corrected chi connectivity index (χ3v) is 4.34. The molecule has 1 unspecified atom stereocenters. The molecule has 1 amide bonds. The number of esters is 1. The maximum Gasteiger partial charge on any atom is 0.319 e. The van der Waals surface area contributed by atoms with Gasteiger partial charge in [0.2, 0.25) is 5.91 Å². The van der Waals surface area contributed by atoms with Crippen LogP contribution in [0.25, 0.3) is 0 Å². The highest BCUT2D eigenvalue weighted by Crippen LogP contribution is 2.19. The minimum atomic E-state index is -0.581. The zero-order valence-electron chi connectivity index (χ0n) is 11.4. The second-order valence-corrected chi connectivity index (χ2v) is 5.65. The lowest BCUT2D eigenvalue weighted by Crippen LogP contribution is -2.51. The first kappa shape index (κ1) is 15.0. The van der Waals surface area contributed by atoms with Gasteiger partial charge in [0.15, 0.2) is 0 Å². The van der Waals surface area contributed by atoms with E-state index in [2.05, 4.69) is 4.74 Å². The van der Waals surface area contributed by atoms with E-state index >= 15 is 0 Å². The molecule has 110 valence electrons. The van der Waals surface area contributed by atoms with Crippen molar-refractivity contribution in [1.29, 1.82) is 0 Å². The monoisotopic (exact) mass is 297 g/mol. The smallest absolute Gasteiger partial charge is 0.319 e. The molecule has 1 aromatic rings. The van der Waals surface area contributed by atoms with Crippen molar-refractivity contribution in [3.05, 3.63) is 22.4 Å². The lowest BCUT2D eigenvalue weighted by atomic mass is 10.2. The molecule has 0 aliphatic carbocycles. The van der Waals surface area contributed by atoms with Crippen molar-refractivity contribution in [2.45, 2.75) is 6.04 Å². The van der Waals surface area contributed by atoms with Crippen molar-refractivity contribution >= 4 is 23.2 Å². The van der Waals surface area contributed by atoms with Crippen molar-refractivity contribution in [3.8, 4) is 0 Å². The van der Waals surface area contributed by atoms with Gasteiger partial charge >= 0.3 is 5.97 Å². The highest BCUT2D eigenvalue weighted by molar-refractivity contribution is 7.10. The summed E-state index contributed by atoms with van der Waals surface area (Å²) in [6.07, 6.45) is 0. The van der Waals surface area contributed by atoms with Gasteiger partial charge in [0, 0.05) is 31.1 Å². The van der Waals surface area contributed by atoms with Crippen LogP contribution in [0.15, 0.2) is 17.5 Å². The van der Waals surface area contributed by atoms with E-state index in [1.165, 1.54) is 18.4 Å². The van der Waals surface area contributed by atoms with Gasteiger partial charge in [0.05, 0.1) is 13.7 Å². The Bertz CT molecular complexity index is 455. The van der Waals surface area contributed by atoms with E-state index in [1.807, 2.05) is 22.4 Å². The molecule has 1 aromatic heterocycles. The molecule has 1 saturated heterocycles. The van der Waals surface area contributed by atoms with Gasteiger partial charge in [-0.05, 0) is 11.4 Å². The molecule has 2 N–H and O–H groups in total. The van der Waals surface area contributed by atoms with E-state index < -0.39 is 6.04 Å². The van der Waals surface area contributed by atoms with Crippen LogP contribution in [0.2, 0.25) is 0 Å². The summed E-state index contributed by atoms with van der Waals surface area (Å²) in [7, 11) is 1.38. The first-order valence-corrected chi connectivity index (χ1v) is 7.36. The molecule has 1 atom stereocenters. The molecular formula is C13H19N3O3S. The van der Waals surface area contributed by atoms with Gasteiger partial charge < -0.3 is 15.4 Å². The second kappa shape index (κ2) is 6.83. The van der Waals surface area contributed by atoms with Crippen LogP contribution >= 0.6 is 11.3 Å². The Morgan fingerprint density at radius 2 is 2.10 bits per heavy atom. The molecule has 0 radical (unpaired) electrons. The highest BCUT2D eigenvalue weighted by atomic mass is 32.1. The molecule has 7 heteroatoms. The number of ether oxygens (including phenoxy) is 1. The van der Waals surface area contributed by atoms with E-state index in [1.54, 1.807) is 4.90 Å². The van der Waals surface area contributed by atoms with Gasteiger partial charge in [-0.3, -0.25) is 14.5 Å². The first-order valence-electron chi connectivity index (χ1n) is 6.48. The van der Waals surface area contributed by atoms with Gasteiger partial charge in [-0.15, -0.1) is 11.3 Å². The predicted octanol–water partition coefficient (Wildman–Crippen LogP) is 0.0651. The number of piperazine rings is 1. The van der Waals surface area contributed by atoms with Gasteiger partial charge in [-0.25, -0.2) is 0 Å². The maximum absolute atomic E-state index is 12.3. The summed E-state index contributed by atoms with van der Waals surface area (Å²) in [5, 5.41) is 1.91. The van der Waals surface area contributed by atoms with E-state index in [-0.39, 0.29) is 18.4 Å². The lowest BCUT2D eigenvalue weighted by Gasteiger charge is -2.35. The van der Waals surface area contributed by atoms with E-state index in [4.69, 9.17) is 5.73 Å². The molecule has 2 rings (SSSR count). The Hall–Kier alpha value is -1.44. The summed E-state index contributed by atoms with van der Waals surface area (Å²) in [6, 6.07) is 3.18. The molecule has 2 heterocycles. The molecule has 1 aliphatic rings. The topological polar surface area (TPSA) is 75.9 Å². The summed E-state index contributed by atoms with van der Waals surface area (Å²) < 4.78 is 4.63. The maximum atomic E-state index is 12.3. The number of rotatable bonds is 4. The first-order chi connectivity index (χ1) is 9.61. The number of methoxy groups -OCH3 is 1. The molecule has 1 fully saturated rings. The fourth-order valence-electron chi connectivity index (χ4n) is 2.16. The number of carbonyl (C=O) groups excluding carboxylic acids is 2. The summed E-state index contributed by atoms with van der Waals surface area (Å²) in [6.45, 7) is 2.79.